The van der Waals surface area contributed by atoms with Crippen LogP contribution in [-0.2, 0) is 25.4 Å². The van der Waals surface area contributed by atoms with Crippen molar-refractivity contribution in [3.8, 4) is 0 Å². The largest absolute Gasteiger partial charge is 0.463 e. The Labute approximate surface area is 99.1 Å². The van der Waals surface area contributed by atoms with E-state index in [0.717, 1.165) is 4.88 Å². The number of ether oxygens (including phenoxy) is 3. The highest BCUT2D eigenvalue weighted by molar-refractivity contribution is 7.10. The van der Waals surface area contributed by atoms with Crippen LogP contribution in [0.5, 0.6) is 0 Å². The molecule has 4 nitrogen and oxygen atoms in total. The predicted octanol–water partition coefficient (Wildman–Crippen LogP) is 1.84. The van der Waals surface area contributed by atoms with Crippen LogP contribution in [-0.4, -0.2) is 32.6 Å². The molecule has 0 aliphatic rings. The summed E-state index contributed by atoms with van der Waals surface area (Å²) >= 11 is 1.55. The van der Waals surface area contributed by atoms with Gasteiger partial charge in [-0.15, -0.1) is 11.3 Å². The van der Waals surface area contributed by atoms with Gasteiger partial charge in [-0.25, -0.2) is 0 Å². The summed E-state index contributed by atoms with van der Waals surface area (Å²) in [5, 5.41) is 1.94. The van der Waals surface area contributed by atoms with E-state index in [1.54, 1.807) is 25.4 Å². The molecule has 0 fully saturated rings. The van der Waals surface area contributed by atoms with Gasteiger partial charge in [0.25, 0.3) is 0 Å². The van der Waals surface area contributed by atoms with Crippen molar-refractivity contribution in [2.75, 3.05) is 20.3 Å². The molecule has 1 atom stereocenters. The maximum atomic E-state index is 11.3. The van der Waals surface area contributed by atoms with Gasteiger partial charge in [-0.3, -0.25) is 4.79 Å². The van der Waals surface area contributed by atoms with Crippen LogP contribution in [0.1, 0.15) is 11.8 Å². The van der Waals surface area contributed by atoms with E-state index in [1.807, 2.05) is 17.5 Å². The molecule has 0 bridgehead atoms. The van der Waals surface area contributed by atoms with Crippen molar-refractivity contribution in [2.24, 2.45) is 0 Å². The predicted molar refractivity (Wildman–Crippen MR) is 61.4 cm³/mol. The van der Waals surface area contributed by atoms with Gasteiger partial charge in [0, 0.05) is 12.0 Å². The molecule has 0 saturated carbocycles. The minimum absolute atomic E-state index is 0.226. The Morgan fingerprint density at radius 3 is 2.94 bits per heavy atom. The van der Waals surface area contributed by atoms with Crippen molar-refractivity contribution in [3.05, 3.63) is 22.4 Å². The Balaban J connectivity index is 2.07. The summed E-state index contributed by atoms with van der Waals surface area (Å²) in [6.07, 6.45) is 0.0633. The highest BCUT2D eigenvalue weighted by Gasteiger charge is 2.05. The van der Waals surface area contributed by atoms with E-state index in [0.29, 0.717) is 13.0 Å². The molecule has 0 aromatic carbocycles. The van der Waals surface area contributed by atoms with Crippen LogP contribution in [0.4, 0.5) is 0 Å². The number of carbonyl (C=O) groups is 1. The van der Waals surface area contributed by atoms with Crippen molar-refractivity contribution in [3.63, 3.8) is 0 Å². The Kier molecular flexibility index (Phi) is 6.07. The number of thiophene rings is 1. The number of hydrogen-bond donors (Lipinski definition) is 0. The molecular weight excluding hydrogens is 228 g/mol. The SMILES string of the molecule is COC(C)OCCOC(=O)Cc1cccs1. The first-order chi connectivity index (χ1) is 7.72. The number of rotatable bonds is 7. The van der Waals surface area contributed by atoms with Gasteiger partial charge in [-0.05, 0) is 18.4 Å². The fourth-order valence-electron chi connectivity index (χ4n) is 1.04. The summed E-state index contributed by atoms with van der Waals surface area (Å²) < 4.78 is 15.1. The molecule has 0 radical (unpaired) electrons. The normalized spacial score (nSPS) is 12.4. The second-order valence-electron chi connectivity index (χ2n) is 3.15. The lowest BCUT2D eigenvalue weighted by atomic mass is 10.3. The highest BCUT2D eigenvalue weighted by Crippen LogP contribution is 2.09. The highest BCUT2D eigenvalue weighted by atomic mass is 32.1. The fourth-order valence-corrected chi connectivity index (χ4v) is 1.73. The smallest absolute Gasteiger partial charge is 0.311 e. The quantitative estimate of drug-likeness (QED) is 0.417. The first-order valence-corrected chi connectivity index (χ1v) is 5.92. The number of hydrogen-bond acceptors (Lipinski definition) is 5. The monoisotopic (exact) mass is 244 g/mol. The molecule has 90 valence electrons. The third-order valence-corrected chi connectivity index (χ3v) is 2.81. The van der Waals surface area contributed by atoms with Crippen LogP contribution in [0.15, 0.2) is 17.5 Å². The van der Waals surface area contributed by atoms with Crippen LogP contribution in [0.3, 0.4) is 0 Å². The third kappa shape index (κ3) is 5.25. The van der Waals surface area contributed by atoms with Crippen molar-refractivity contribution in [1.29, 1.82) is 0 Å². The topological polar surface area (TPSA) is 44.8 Å². The molecule has 5 heteroatoms. The summed E-state index contributed by atoms with van der Waals surface area (Å²) in [6.45, 7) is 2.40. The van der Waals surface area contributed by atoms with E-state index >= 15 is 0 Å². The van der Waals surface area contributed by atoms with Gasteiger partial charge in [0.15, 0.2) is 6.29 Å². The molecule has 0 saturated heterocycles. The lowest BCUT2D eigenvalue weighted by Crippen LogP contribution is -2.17. The van der Waals surface area contributed by atoms with Gasteiger partial charge in [0.2, 0.25) is 0 Å². The van der Waals surface area contributed by atoms with Crippen LogP contribution in [0, 0.1) is 0 Å². The van der Waals surface area contributed by atoms with E-state index in [1.165, 1.54) is 0 Å². The Bertz CT molecular complexity index is 297. The second-order valence-corrected chi connectivity index (χ2v) is 4.18. The average Bonchev–Trinajstić information content (AvgIpc) is 2.76. The third-order valence-electron chi connectivity index (χ3n) is 1.93. The lowest BCUT2D eigenvalue weighted by Gasteiger charge is -2.10. The molecule has 0 aliphatic heterocycles. The molecule has 1 aromatic heterocycles. The van der Waals surface area contributed by atoms with Gasteiger partial charge >= 0.3 is 5.97 Å². The fraction of sp³-hybridized carbons (Fsp3) is 0.545. The zero-order chi connectivity index (χ0) is 11.8. The van der Waals surface area contributed by atoms with Crippen LogP contribution in [0.25, 0.3) is 0 Å². The first kappa shape index (κ1) is 13.2. The number of carbonyl (C=O) groups excluding carboxylic acids is 1. The van der Waals surface area contributed by atoms with E-state index < -0.39 is 0 Å². The van der Waals surface area contributed by atoms with E-state index in [9.17, 15) is 4.79 Å². The van der Waals surface area contributed by atoms with Crippen LogP contribution >= 0.6 is 11.3 Å². The van der Waals surface area contributed by atoms with Crippen molar-refractivity contribution in [1.82, 2.24) is 0 Å². The van der Waals surface area contributed by atoms with Crippen LogP contribution in [0.2, 0.25) is 0 Å². The van der Waals surface area contributed by atoms with E-state index in [4.69, 9.17) is 14.2 Å². The molecule has 1 rings (SSSR count). The molecular formula is C11H16O4S. The lowest BCUT2D eigenvalue weighted by molar-refractivity contribution is -0.151. The molecule has 1 unspecified atom stereocenters. The van der Waals surface area contributed by atoms with Gasteiger partial charge in [0.05, 0.1) is 13.0 Å². The molecule has 0 spiro atoms. The van der Waals surface area contributed by atoms with Crippen LogP contribution < -0.4 is 0 Å². The molecule has 1 heterocycles. The summed E-state index contributed by atoms with van der Waals surface area (Å²) in [5.41, 5.74) is 0. The molecule has 1 aromatic rings. The zero-order valence-electron chi connectivity index (χ0n) is 9.47. The maximum Gasteiger partial charge on any atom is 0.311 e. The molecule has 0 amide bonds. The van der Waals surface area contributed by atoms with Crippen molar-refractivity contribution >= 4 is 17.3 Å². The minimum atomic E-state index is -0.268. The first-order valence-electron chi connectivity index (χ1n) is 5.04. The van der Waals surface area contributed by atoms with Crippen molar-refractivity contribution in [2.45, 2.75) is 19.6 Å². The van der Waals surface area contributed by atoms with E-state index in [-0.39, 0.29) is 18.9 Å². The van der Waals surface area contributed by atoms with Gasteiger partial charge in [0.1, 0.15) is 6.61 Å². The van der Waals surface area contributed by atoms with E-state index in [2.05, 4.69) is 0 Å². The maximum absolute atomic E-state index is 11.3. The summed E-state index contributed by atoms with van der Waals surface area (Å²) in [6, 6.07) is 3.83. The Morgan fingerprint density at radius 1 is 1.50 bits per heavy atom. The Hall–Kier alpha value is -0.910. The molecule has 0 aliphatic carbocycles. The zero-order valence-corrected chi connectivity index (χ0v) is 10.3. The van der Waals surface area contributed by atoms with Gasteiger partial charge < -0.3 is 14.2 Å². The summed E-state index contributed by atoms with van der Waals surface area (Å²) in [7, 11) is 1.56. The summed E-state index contributed by atoms with van der Waals surface area (Å²) in [4.78, 5) is 12.3. The van der Waals surface area contributed by atoms with Gasteiger partial charge in [-0.2, -0.15) is 0 Å². The number of esters is 1. The average molecular weight is 244 g/mol. The molecule has 16 heavy (non-hydrogen) atoms. The minimum Gasteiger partial charge on any atom is -0.463 e. The second kappa shape index (κ2) is 7.38. The van der Waals surface area contributed by atoms with Gasteiger partial charge in [-0.1, -0.05) is 6.07 Å². The summed E-state index contributed by atoms with van der Waals surface area (Å²) in [5.74, 6) is -0.226. The Morgan fingerprint density at radius 2 is 2.31 bits per heavy atom. The number of methoxy groups -OCH3 is 1. The van der Waals surface area contributed by atoms with Crippen molar-refractivity contribution < 1.29 is 19.0 Å². The molecule has 0 N–H and O–H groups in total. The standard InChI is InChI=1S/C11H16O4S/c1-9(13-2)14-5-6-15-11(12)8-10-4-3-7-16-10/h3-4,7,9H,5-6,8H2,1-2H3.